The predicted octanol–water partition coefficient (Wildman–Crippen LogP) is 0.118. The maximum atomic E-state index is 9.63. The Balaban J connectivity index is 2.22. The molecule has 5 unspecified atom stereocenters. The zero-order valence-electron chi connectivity index (χ0n) is 12.4. The van der Waals surface area contributed by atoms with E-state index in [0.29, 0.717) is 0 Å². The van der Waals surface area contributed by atoms with E-state index in [-0.39, 0.29) is 24.0 Å². The van der Waals surface area contributed by atoms with Crippen molar-refractivity contribution in [3.63, 3.8) is 0 Å². The summed E-state index contributed by atoms with van der Waals surface area (Å²) in [6.07, 6.45) is -2.56. The molecular formula is C13H21NO7. The lowest BCUT2D eigenvalue weighted by Gasteiger charge is -2.43. The molecule has 21 heavy (non-hydrogen) atoms. The molecule has 1 saturated heterocycles. The van der Waals surface area contributed by atoms with Crippen LogP contribution in [0.25, 0.3) is 0 Å². The van der Waals surface area contributed by atoms with Gasteiger partial charge in [-0.3, -0.25) is 0 Å². The number of hydrogen-bond acceptors (Lipinski definition) is 7. The minimum atomic E-state index is -0.884. The predicted molar refractivity (Wildman–Crippen MR) is 71.1 cm³/mol. The first-order valence-corrected chi connectivity index (χ1v) is 6.54. The highest BCUT2D eigenvalue weighted by molar-refractivity contribution is 5.22. The average Bonchev–Trinajstić information content (AvgIpc) is 2.78. The third-order valence-corrected chi connectivity index (χ3v) is 3.55. The molecule has 1 fully saturated rings. The third-order valence-electron chi connectivity index (χ3n) is 3.55. The minimum Gasteiger partial charge on any atom is -0.492 e. The smallest absolute Gasteiger partial charge is 0.254 e. The Morgan fingerprint density at radius 2 is 1.48 bits per heavy atom. The van der Waals surface area contributed by atoms with E-state index >= 15 is 0 Å². The van der Waals surface area contributed by atoms with Gasteiger partial charge >= 0.3 is 0 Å². The molecule has 8 heteroatoms. The van der Waals surface area contributed by atoms with Crippen LogP contribution in [0.15, 0.2) is 12.1 Å². The van der Waals surface area contributed by atoms with E-state index in [1.807, 2.05) is 6.92 Å². The number of hydrogen-bond donors (Lipinski definition) is 2. The largest absolute Gasteiger partial charge is 0.492 e. The summed E-state index contributed by atoms with van der Waals surface area (Å²) in [5.74, 6) is -0.497. The van der Waals surface area contributed by atoms with Crippen LogP contribution in [-0.4, -0.2) is 67.0 Å². The molecule has 1 aliphatic heterocycles. The second-order valence-electron chi connectivity index (χ2n) is 4.76. The number of aromatic nitrogens is 1. The maximum Gasteiger partial charge on any atom is 0.254 e. The Labute approximate surface area is 122 Å². The van der Waals surface area contributed by atoms with Crippen molar-refractivity contribution in [2.75, 3.05) is 21.3 Å². The lowest BCUT2D eigenvalue weighted by atomic mass is 9.99. The molecule has 1 aliphatic rings. The summed E-state index contributed by atoms with van der Waals surface area (Å²) in [6, 6.07) is 2.60. The summed E-state index contributed by atoms with van der Waals surface area (Å²) in [4.78, 5) is 5.49. The molecule has 0 aliphatic carbocycles. The van der Waals surface area contributed by atoms with E-state index in [1.54, 1.807) is 14.2 Å². The van der Waals surface area contributed by atoms with Crippen molar-refractivity contribution in [2.45, 2.75) is 37.6 Å². The Morgan fingerprint density at radius 3 is 1.95 bits per heavy atom. The molecule has 0 spiro atoms. The fourth-order valence-corrected chi connectivity index (χ4v) is 2.51. The van der Waals surface area contributed by atoms with E-state index in [0.717, 1.165) is 4.73 Å². The standard InChI is InChI=1S/C13H21NO7/c1-7-10(17-2)11(18-3)12(19-4)13(20-7)21-14-8(15)5-6-9(14)16/h5-7,10-13,15-16H,1-4H3. The van der Waals surface area contributed by atoms with Crippen molar-refractivity contribution in [3.05, 3.63) is 12.1 Å². The van der Waals surface area contributed by atoms with Gasteiger partial charge in [-0.15, -0.1) is 4.73 Å². The molecule has 1 aromatic heterocycles. The number of rotatable bonds is 5. The van der Waals surface area contributed by atoms with Gasteiger partial charge in [0.15, 0.2) is 6.10 Å². The highest BCUT2D eigenvalue weighted by Gasteiger charge is 2.47. The first kappa shape index (κ1) is 15.9. The summed E-state index contributed by atoms with van der Waals surface area (Å²) >= 11 is 0. The van der Waals surface area contributed by atoms with Crippen LogP contribution in [0.5, 0.6) is 11.8 Å². The normalized spacial score (nSPS) is 33.0. The first-order valence-electron chi connectivity index (χ1n) is 6.54. The minimum absolute atomic E-state index is 0.249. The van der Waals surface area contributed by atoms with Gasteiger partial charge in [-0.05, 0) is 6.92 Å². The average molecular weight is 303 g/mol. The summed E-state index contributed by atoms with van der Waals surface area (Å²) in [7, 11) is 4.60. The first-order chi connectivity index (χ1) is 10.0. The van der Waals surface area contributed by atoms with Crippen LogP contribution in [0.1, 0.15) is 6.92 Å². The molecule has 5 atom stereocenters. The Bertz CT molecular complexity index is 444. The SMILES string of the molecule is COC1C(C)OC(On2c(O)ccc2O)C(OC)C1OC. The third kappa shape index (κ3) is 2.93. The summed E-state index contributed by atoms with van der Waals surface area (Å²) in [6.45, 7) is 1.82. The van der Waals surface area contributed by atoms with Crippen LogP contribution in [0.2, 0.25) is 0 Å². The molecule has 0 radical (unpaired) electrons. The van der Waals surface area contributed by atoms with E-state index in [9.17, 15) is 10.2 Å². The monoisotopic (exact) mass is 303 g/mol. The quantitative estimate of drug-likeness (QED) is 0.798. The van der Waals surface area contributed by atoms with Gasteiger partial charge in [0.25, 0.3) is 6.29 Å². The molecule has 1 aromatic rings. The van der Waals surface area contributed by atoms with Gasteiger partial charge in [-0.2, -0.15) is 0 Å². The number of nitrogens with zero attached hydrogens (tertiary/aromatic N) is 1. The zero-order valence-corrected chi connectivity index (χ0v) is 12.4. The van der Waals surface area contributed by atoms with E-state index < -0.39 is 18.5 Å². The Hall–Kier alpha value is -1.48. The van der Waals surface area contributed by atoms with Gasteiger partial charge in [0, 0.05) is 33.5 Å². The van der Waals surface area contributed by atoms with Gasteiger partial charge < -0.3 is 34.0 Å². The number of ether oxygens (including phenoxy) is 4. The van der Waals surface area contributed by atoms with E-state index in [4.69, 9.17) is 23.8 Å². The summed E-state index contributed by atoms with van der Waals surface area (Å²) < 4.78 is 22.8. The molecule has 120 valence electrons. The van der Waals surface area contributed by atoms with Crippen molar-refractivity contribution in [3.8, 4) is 11.8 Å². The van der Waals surface area contributed by atoms with Crippen molar-refractivity contribution in [2.24, 2.45) is 0 Å². The fourth-order valence-electron chi connectivity index (χ4n) is 2.51. The molecule has 2 rings (SSSR count). The van der Waals surface area contributed by atoms with Crippen molar-refractivity contribution in [1.29, 1.82) is 0 Å². The Kier molecular flexibility index (Phi) is 4.94. The van der Waals surface area contributed by atoms with Crippen molar-refractivity contribution >= 4 is 0 Å². The van der Waals surface area contributed by atoms with Gasteiger partial charge in [0.1, 0.15) is 12.2 Å². The van der Waals surface area contributed by atoms with Crippen molar-refractivity contribution in [1.82, 2.24) is 4.73 Å². The van der Waals surface area contributed by atoms with E-state index in [2.05, 4.69) is 0 Å². The molecule has 2 heterocycles. The maximum absolute atomic E-state index is 9.63. The van der Waals surface area contributed by atoms with Gasteiger partial charge in [0.05, 0.1) is 6.10 Å². The Morgan fingerprint density at radius 1 is 0.952 bits per heavy atom. The number of aromatic hydroxyl groups is 2. The molecular weight excluding hydrogens is 282 g/mol. The second kappa shape index (κ2) is 6.52. The fraction of sp³-hybridized carbons (Fsp3) is 0.692. The molecule has 2 N–H and O–H groups in total. The molecule has 0 bridgehead atoms. The summed E-state index contributed by atoms with van der Waals surface area (Å²) in [5.41, 5.74) is 0. The van der Waals surface area contributed by atoms with E-state index in [1.165, 1.54) is 19.2 Å². The topological polar surface area (TPSA) is 91.5 Å². The van der Waals surface area contributed by atoms with Crippen LogP contribution in [0.3, 0.4) is 0 Å². The molecule has 0 aromatic carbocycles. The molecule has 0 amide bonds. The van der Waals surface area contributed by atoms with Gasteiger partial charge in [-0.25, -0.2) is 0 Å². The van der Waals surface area contributed by atoms with Gasteiger partial charge in [-0.1, -0.05) is 0 Å². The molecule has 0 saturated carbocycles. The lowest BCUT2D eigenvalue weighted by Crippen LogP contribution is -2.61. The highest BCUT2D eigenvalue weighted by atomic mass is 16.8. The molecule has 8 nitrogen and oxygen atoms in total. The summed E-state index contributed by atoms with van der Waals surface area (Å²) in [5, 5.41) is 19.3. The highest BCUT2D eigenvalue weighted by Crippen LogP contribution is 2.28. The van der Waals surface area contributed by atoms with Gasteiger partial charge in [0.2, 0.25) is 11.8 Å². The zero-order chi connectivity index (χ0) is 15.6. The van der Waals surface area contributed by atoms with Crippen LogP contribution < -0.4 is 4.84 Å². The second-order valence-corrected chi connectivity index (χ2v) is 4.76. The van der Waals surface area contributed by atoms with Crippen LogP contribution in [-0.2, 0) is 18.9 Å². The van der Waals surface area contributed by atoms with Crippen LogP contribution in [0.4, 0.5) is 0 Å². The van der Waals surface area contributed by atoms with Crippen LogP contribution in [0, 0.1) is 0 Å². The van der Waals surface area contributed by atoms with Crippen LogP contribution >= 0.6 is 0 Å². The van der Waals surface area contributed by atoms with Crippen molar-refractivity contribution < 1.29 is 34.0 Å². The lowest BCUT2D eigenvalue weighted by molar-refractivity contribution is -0.305. The number of methoxy groups -OCH3 is 3.